The molecule has 7 heteroatoms. The van der Waals surface area contributed by atoms with Crippen LogP contribution in [0.3, 0.4) is 0 Å². The van der Waals surface area contributed by atoms with Crippen LogP contribution in [0.1, 0.15) is 25.3 Å². The molecule has 0 radical (unpaired) electrons. The third-order valence-electron chi connectivity index (χ3n) is 3.25. The Balaban J connectivity index is 1.99. The van der Waals surface area contributed by atoms with Crippen LogP contribution in [0.2, 0.25) is 0 Å². The summed E-state index contributed by atoms with van der Waals surface area (Å²) in [6.45, 7) is 3.66. The Bertz CT molecular complexity index is 743. The molecule has 0 atom stereocenters. The zero-order valence-corrected chi connectivity index (χ0v) is 13.2. The first-order chi connectivity index (χ1) is 11.4. The van der Waals surface area contributed by atoms with Crippen LogP contribution in [0.5, 0.6) is 11.5 Å². The quantitative estimate of drug-likeness (QED) is 0.347. The maximum absolute atomic E-state index is 13.2. The van der Waals surface area contributed by atoms with Crippen molar-refractivity contribution in [3.8, 4) is 11.5 Å². The van der Waals surface area contributed by atoms with E-state index in [1.54, 1.807) is 12.1 Å². The van der Waals surface area contributed by atoms with E-state index in [1.807, 2.05) is 12.1 Å². The lowest BCUT2D eigenvalue weighted by atomic mass is 10.0. The van der Waals surface area contributed by atoms with Gasteiger partial charge in [-0.15, -0.1) is 0 Å². The Morgan fingerprint density at radius 3 is 2.46 bits per heavy atom. The minimum atomic E-state index is -0.864. The number of nitro benzene ring substituents is 1. The highest BCUT2D eigenvalue weighted by atomic mass is 19.1. The van der Waals surface area contributed by atoms with Gasteiger partial charge >= 0.3 is 11.7 Å². The summed E-state index contributed by atoms with van der Waals surface area (Å²) in [7, 11) is 0. The second-order valence-electron chi connectivity index (χ2n) is 5.36. The Morgan fingerprint density at radius 2 is 1.88 bits per heavy atom. The highest BCUT2D eigenvalue weighted by Gasteiger charge is 2.19. The van der Waals surface area contributed by atoms with E-state index < -0.39 is 34.8 Å². The van der Waals surface area contributed by atoms with Crippen molar-refractivity contribution in [1.82, 2.24) is 0 Å². The van der Waals surface area contributed by atoms with Gasteiger partial charge in [0.1, 0.15) is 11.6 Å². The van der Waals surface area contributed by atoms with Crippen molar-refractivity contribution >= 4 is 11.7 Å². The third-order valence-corrected chi connectivity index (χ3v) is 3.25. The topological polar surface area (TPSA) is 78.7 Å². The van der Waals surface area contributed by atoms with Crippen LogP contribution in [0.15, 0.2) is 42.5 Å². The van der Waals surface area contributed by atoms with Crippen molar-refractivity contribution in [3.63, 3.8) is 0 Å². The molecule has 0 bridgehead atoms. The summed E-state index contributed by atoms with van der Waals surface area (Å²) in [5.41, 5.74) is 0.631. The maximum atomic E-state index is 13.2. The fourth-order valence-electron chi connectivity index (χ4n) is 1.96. The average Bonchev–Trinajstić information content (AvgIpc) is 2.53. The number of rotatable bonds is 6. The number of halogens is 1. The van der Waals surface area contributed by atoms with Gasteiger partial charge in [-0.05, 0) is 29.7 Å². The second kappa shape index (κ2) is 7.54. The standard InChI is InChI=1S/C17H16FNO5/c1-11(2)12-3-6-14(7-4-12)23-10-17(20)24-16-9-13(18)5-8-15(16)19(21)22/h3-9,11H,10H2,1-2H3. The lowest BCUT2D eigenvalue weighted by molar-refractivity contribution is -0.385. The molecule has 24 heavy (non-hydrogen) atoms. The summed E-state index contributed by atoms with van der Waals surface area (Å²) in [5, 5.41) is 10.8. The van der Waals surface area contributed by atoms with E-state index in [9.17, 15) is 19.3 Å². The van der Waals surface area contributed by atoms with Crippen LogP contribution in [-0.4, -0.2) is 17.5 Å². The number of carbonyl (C=O) groups excluding carboxylic acids is 1. The van der Waals surface area contributed by atoms with E-state index in [1.165, 1.54) is 0 Å². The van der Waals surface area contributed by atoms with E-state index in [-0.39, 0.29) is 0 Å². The van der Waals surface area contributed by atoms with Crippen LogP contribution in [-0.2, 0) is 4.79 Å². The zero-order valence-electron chi connectivity index (χ0n) is 13.2. The average molecular weight is 333 g/mol. The highest BCUT2D eigenvalue weighted by Crippen LogP contribution is 2.27. The van der Waals surface area contributed by atoms with Gasteiger partial charge in [-0.3, -0.25) is 10.1 Å². The fourth-order valence-corrected chi connectivity index (χ4v) is 1.96. The predicted octanol–water partition coefficient (Wildman–Crippen LogP) is 3.84. The van der Waals surface area contributed by atoms with Gasteiger partial charge in [-0.2, -0.15) is 0 Å². The molecule has 0 aromatic heterocycles. The molecule has 0 heterocycles. The molecule has 0 N–H and O–H groups in total. The van der Waals surface area contributed by atoms with Gasteiger partial charge < -0.3 is 9.47 Å². The Labute approximate surface area is 138 Å². The SMILES string of the molecule is CC(C)c1ccc(OCC(=O)Oc2cc(F)ccc2[N+](=O)[O-])cc1. The number of carbonyl (C=O) groups is 1. The van der Waals surface area contributed by atoms with Crippen molar-refractivity contribution in [2.75, 3.05) is 6.61 Å². The normalized spacial score (nSPS) is 10.5. The fraction of sp³-hybridized carbons (Fsp3) is 0.235. The molecule has 2 rings (SSSR count). The summed E-state index contributed by atoms with van der Waals surface area (Å²) >= 11 is 0. The number of hydrogen-bond acceptors (Lipinski definition) is 5. The zero-order chi connectivity index (χ0) is 17.7. The van der Waals surface area contributed by atoms with Gasteiger partial charge in [0.25, 0.3) is 0 Å². The Hall–Kier alpha value is -2.96. The number of esters is 1. The minimum absolute atomic E-state index is 0.373. The van der Waals surface area contributed by atoms with Gasteiger partial charge in [-0.1, -0.05) is 26.0 Å². The van der Waals surface area contributed by atoms with E-state index in [0.29, 0.717) is 11.7 Å². The van der Waals surface area contributed by atoms with Gasteiger partial charge in [0.05, 0.1) is 4.92 Å². The maximum Gasteiger partial charge on any atom is 0.349 e. The van der Waals surface area contributed by atoms with E-state index >= 15 is 0 Å². The monoisotopic (exact) mass is 333 g/mol. The molecular weight excluding hydrogens is 317 g/mol. The first-order valence-corrected chi connectivity index (χ1v) is 7.24. The molecule has 0 aliphatic rings. The van der Waals surface area contributed by atoms with Crippen molar-refractivity contribution in [3.05, 3.63) is 64.0 Å². The van der Waals surface area contributed by atoms with Gasteiger partial charge in [0, 0.05) is 12.1 Å². The number of ether oxygens (including phenoxy) is 2. The molecule has 126 valence electrons. The van der Waals surface area contributed by atoms with Gasteiger partial charge in [-0.25, -0.2) is 9.18 Å². The summed E-state index contributed by atoms with van der Waals surface area (Å²) in [5.74, 6) is -1.23. The van der Waals surface area contributed by atoms with Gasteiger partial charge in [0.2, 0.25) is 5.75 Å². The third kappa shape index (κ3) is 4.52. The molecule has 0 saturated heterocycles. The molecule has 0 unspecified atom stereocenters. The summed E-state index contributed by atoms with van der Waals surface area (Å²) in [4.78, 5) is 21.8. The lowest BCUT2D eigenvalue weighted by Crippen LogP contribution is -2.18. The lowest BCUT2D eigenvalue weighted by Gasteiger charge is -2.09. The number of hydrogen-bond donors (Lipinski definition) is 0. The molecule has 0 aliphatic heterocycles. The van der Waals surface area contributed by atoms with Crippen LogP contribution in [0.25, 0.3) is 0 Å². The molecule has 0 spiro atoms. The molecule has 2 aromatic carbocycles. The first-order valence-electron chi connectivity index (χ1n) is 7.24. The summed E-state index contributed by atoms with van der Waals surface area (Å²) < 4.78 is 23.3. The Morgan fingerprint density at radius 1 is 1.21 bits per heavy atom. The Kier molecular flexibility index (Phi) is 5.47. The van der Waals surface area contributed by atoms with Crippen LogP contribution < -0.4 is 9.47 Å². The molecular formula is C17H16FNO5. The second-order valence-corrected chi connectivity index (χ2v) is 5.36. The van der Waals surface area contributed by atoms with Gasteiger partial charge in [0.15, 0.2) is 6.61 Å². The van der Waals surface area contributed by atoms with Crippen LogP contribution in [0.4, 0.5) is 10.1 Å². The number of nitro groups is 1. The summed E-state index contributed by atoms with van der Waals surface area (Å²) in [6, 6.07) is 9.82. The molecule has 2 aromatic rings. The van der Waals surface area contributed by atoms with Crippen molar-refractivity contribution in [2.45, 2.75) is 19.8 Å². The van der Waals surface area contributed by atoms with Crippen molar-refractivity contribution in [2.24, 2.45) is 0 Å². The number of benzene rings is 2. The smallest absolute Gasteiger partial charge is 0.349 e. The first kappa shape index (κ1) is 17.4. The van der Waals surface area contributed by atoms with Crippen molar-refractivity contribution < 1.29 is 23.6 Å². The van der Waals surface area contributed by atoms with E-state index in [4.69, 9.17) is 9.47 Å². The van der Waals surface area contributed by atoms with E-state index in [2.05, 4.69) is 13.8 Å². The van der Waals surface area contributed by atoms with Crippen LogP contribution in [0, 0.1) is 15.9 Å². The van der Waals surface area contributed by atoms with Crippen LogP contribution >= 0.6 is 0 Å². The number of nitrogens with zero attached hydrogens (tertiary/aromatic N) is 1. The largest absolute Gasteiger partial charge is 0.482 e. The molecule has 0 amide bonds. The molecule has 0 fully saturated rings. The molecule has 0 aliphatic carbocycles. The summed E-state index contributed by atoms with van der Waals surface area (Å²) in [6.07, 6.45) is 0. The van der Waals surface area contributed by atoms with Crippen molar-refractivity contribution in [1.29, 1.82) is 0 Å². The molecule has 6 nitrogen and oxygen atoms in total. The molecule has 0 saturated carbocycles. The van der Waals surface area contributed by atoms with E-state index in [0.717, 1.165) is 23.8 Å². The predicted molar refractivity (Wildman–Crippen MR) is 84.7 cm³/mol. The minimum Gasteiger partial charge on any atom is -0.482 e. The highest BCUT2D eigenvalue weighted by molar-refractivity contribution is 5.75.